The van der Waals surface area contributed by atoms with Gasteiger partial charge in [0.15, 0.2) is 6.29 Å². The monoisotopic (exact) mass is 335 g/mol. The summed E-state index contributed by atoms with van der Waals surface area (Å²) >= 11 is 0. The maximum atomic E-state index is 12.2. The van der Waals surface area contributed by atoms with E-state index in [0.29, 0.717) is 6.61 Å². The van der Waals surface area contributed by atoms with E-state index in [2.05, 4.69) is 11.9 Å². The van der Waals surface area contributed by atoms with Crippen LogP contribution in [0.25, 0.3) is 0 Å². The smallest absolute Gasteiger partial charge is 0.408 e. The molecule has 1 N–H and O–H groups in total. The fourth-order valence-electron chi connectivity index (χ4n) is 2.22. The second kappa shape index (κ2) is 9.45. The fraction of sp³-hybridized carbons (Fsp3) is 0.526. The number of amides is 1. The third kappa shape index (κ3) is 7.15. The van der Waals surface area contributed by atoms with Gasteiger partial charge in [-0.3, -0.25) is 0 Å². The van der Waals surface area contributed by atoms with Crippen LogP contribution < -0.4 is 5.32 Å². The molecule has 0 bridgehead atoms. The number of rotatable bonds is 8. The van der Waals surface area contributed by atoms with Gasteiger partial charge in [0.2, 0.25) is 0 Å². The number of hydrogen-bond acceptors (Lipinski definition) is 4. The molecule has 0 aromatic heterocycles. The van der Waals surface area contributed by atoms with Crippen molar-refractivity contribution in [2.45, 2.75) is 58.7 Å². The third-order valence-electron chi connectivity index (χ3n) is 3.14. The van der Waals surface area contributed by atoms with Gasteiger partial charge in [-0.15, -0.1) is 6.58 Å². The van der Waals surface area contributed by atoms with Crippen molar-refractivity contribution in [2.75, 3.05) is 6.61 Å². The molecule has 1 unspecified atom stereocenters. The molecule has 0 aliphatic heterocycles. The second-order valence-corrected chi connectivity index (χ2v) is 6.39. The van der Waals surface area contributed by atoms with Crippen molar-refractivity contribution in [1.82, 2.24) is 5.32 Å². The van der Waals surface area contributed by atoms with Gasteiger partial charge in [0, 0.05) is 6.61 Å². The zero-order valence-electron chi connectivity index (χ0n) is 15.2. The summed E-state index contributed by atoms with van der Waals surface area (Å²) in [4.78, 5) is 12.2. The number of nitrogens with one attached hydrogen (secondary N) is 1. The van der Waals surface area contributed by atoms with Gasteiger partial charge in [-0.25, -0.2) is 4.79 Å². The molecule has 0 aliphatic rings. The van der Waals surface area contributed by atoms with Crippen molar-refractivity contribution < 1.29 is 19.0 Å². The van der Waals surface area contributed by atoms with Crippen molar-refractivity contribution in [3.63, 3.8) is 0 Å². The van der Waals surface area contributed by atoms with Crippen molar-refractivity contribution >= 4 is 6.09 Å². The van der Waals surface area contributed by atoms with E-state index in [4.69, 9.17) is 14.2 Å². The fourth-order valence-corrected chi connectivity index (χ4v) is 2.22. The lowest BCUT2D eigenvalue weighted by molar-refractivity contribution is -0.152. The SMILES string of the molecule is C=C[C@H](OC(C)OCC)[C@@H](NC(=O)OC(C)(C)C)c1ccccc1. The Labute approximate surface area is 145 Å². The first kappa shape index (κ1) is 20.2. The van der Waals surface area contributed by atoms with Crippen LogP contribution >= 0.6 is 0 Å². The van der Waals surface area contributed by atoms with Gasteiger partial charge in [-0.05, 0) is 40.2 Å². The standard InChI is InChI=1S/C19H29NO4/c1-7-16(23-14(3)22-8-2)17(15-12-10-9-11-13-15)20-18(21)24-19(4,5)6/h7,9-14,16-17H,1,8H2,2-6H3,(H,20,21)/t14?,16-,17-/m0/s1. The highest BCUT2D eigenvalue weighted by Gasteiger charge is 2.27. The molecule has 3 atom stereocenters. The van der Waals surface area contributed by atoms with E-state index in [-0.39, 0.29) is 0 Å². The van der Waals surface area contributed by atoms with E-state index in [1.54, 1.807) is 6.08 Å². The highest BCUT2D eigenvalue weighted by Crippen LogP contribution is 2.22. The molecule has 0 radical (unpaired) electrons. The van der Waals surface area contributed by atoms with Crippen LogP contribution in [0.15, 0.2) is 43.0 Å². The molecule has 0 heterocycles. The van der Waals surface area contributed by atoms with Gasteiger partial charge in [0.1, 0.15) is 11.7 Å². The topological polar surface area (TPSA) is 56.8 Å². The lowest BCUT2D eigenvalue weighted by Crippen LogP contribution is -2.41. The zero-order valence-corrected chi connectivity index (χ0v) is 15.2. The van der Waals surface area contributed by atoms with Gasteiger partial charge in [-0.2, -0.15) is 0 Å². The number of ether oxygens (including phenoxy) is 3. The van der Waals surface area contributed by atoms with Crippen molar-refractivity contribution in [2.24, 2.45) is 0 Å². The summed E-state index contributed by atoms with van der Waals surface area (Å²) in [6.07, 6.45) is 0.284. The van der Waals surface area contributed by atoms with Gasteiger partial charge < -0.3 is 19.5 Å². The van der Waals surface area contributed by atoms with Gasteiger partial charge in [0.05, 0.1) is 6.04 Å². The molecule has 1 aromatic carbocycles. The highest BCUT2D eigenvalue weighted by molar-refractivity contribution is 5.68. The minimum atomic E-state index is -0.575. The molecule has 5 heteroatoms. The predicted molar refractivity (Wildman–Crippen MR) is 94.7 cm³/mol. The summed E-state index contributed by atoms with van der Waals surface area (Å²) in [5.74, 6) is 0. The lowest BCUT2D eigenvalue weighted by Gasteiger charge is -2.29. The van der Waals surface area contributed by atoms with Crippen LogP contribution in [0.1, 0.15) is 46.2 Å². The van der Waals surface area contributed by atoms with Crippen LogP contribution in [0.4, 0.5) is 4.79 Å². The Morgan fingerprint density at radius 3 is 2.42 bits per heavy atom. The predicted octanol–water partition coefficient (Wildman–Crippen LogP) is 4.21. The summed E-state index contributed by atoms with van der Waals surface area (Å²) < 4.78 is 16.7. The Hall–Kier alpha value is -1.85. The summed E-state index contributed by atoms with van der Waals surface area (Å²) in [5, 5.41) is 2.88. The lowest BCUT2D eigenvalue weighted by atomic mass is 10.0. The molecule has 0 aliphatic carbocycles. The Kier molecular flexibility index (Phi) is 7.95. The molecule has 5 nitrogen and oxygen atoms in total. The number of benzene rings is 1. The maximum Gasteiger partial charge on any atom is 0.408 e. The van der Waals surface area contributed by atoms with E-state index < -0.39 is 30.1 Å². The molecule has 0 spiro atoms. The largest absolute Gasteiger partial charge is 0.444 e. The van der Waals surface area contributed by atoms with Crippen LogP contribution in [-0.4, -0.2) is 30.7 Å². The zero-order chi connectivity index (χ0) is 18.2. The highest BCUT2D eigenvalue weighted by atomic mass is 16.7. The molecule has 0 saturated heterocycles. The first-order valence-corrected chi connectivity index (χ1v) is 8.21. The van der Waals surface area contributed by atoms with E-state index in [1.165, 1.54) is 0 Å². The molecule has 0 saturated carbocycles. The molecule has 1 aromatic rings. The van der Waals surface area contributed by atoms with E-state index >= 15 is 0 Å². The summed E-state index contributed by atoms with van der Waals surface area (Å²) in [6, 6.07) is 9.15. The summed E-state index contributed by atoms with van der Waals surface area (Å²) in [6.45, 7) is 13.6. The molecule has 134 valence electrons. The van der Waals surface area contributed by atoms with Crippen LogP contribution in [0.5, 0.6) is 0 Å². The second-order valence-electron chi connectivity index (χ2n) is 6.39. The molecular formula is C19H29NO4. The minimum absolute atomic E-state index is 0.412. The number of alkyl carbamates (subject to hydrolysis) is 1. The molecular weight excluding hydrogens is 306 g/mol. The Balaban J connectivity index is 2.95. The average molecular weight is 335 g/mol. The Morgan fingerprint density at radius 2 is 1.92 bits per heavy atom. The first-order chi connectivity index (χ1) is 11.3. The normalized spacial score (nSPS) is 15.2. The van der Waals surface area contributed by atoms with E-state index in [9.17, 15) is 4.79 Å². The third-order valence-corrected chi connectivity index (χ3v) is 3.14. The van der Waals surface area contributed by atoms with Crippen LogP contribution in [0, 0.1) is 0 Å². The average Bonchev–Trinajstić information content (AvgIpc) is 2.50. The molecule has 1 amide bonds. The summed E-state index contributed by atoms with van der Waals surface area (Å²) in [7, 11) is 0. The Morgan fingerprint density at radius 1 is 1.29 bits per heavy atom. The van der Waals surface area contributed by atoms with Gasteiger partial charge in [0.25, 0.3) is 0 Å². The first-order valence-electron chi connectivity index (χ1n) is 8.21. The number of carbonyl (C=O) groups is 1. The number of carbonyl (C=O) groups excluding carboxylic acids is 1. The summed E-state index contributed by atoms with van der Waals surface area (Å²) in [5.41, 5.74) is 0.325. The Bertz CT molecular complexity index is 510. The van der Waals surface area contributed by atoms with Crippen molar-refractivity contribution in [3.8, 4) is 0 Å². The minimum Gasteiger partial charge on any atom is -0.444 e. The van der Waals surface area contributed by atoms with Crippen LogP contribution in [-0.2, 0) is 14.2 Å². The van der Waals surface area contributed by atoms with Gasteiger partial charge in [-0.1, -0.05) is 36.4 Å². The van der Waals surface area contributed by atoms with Crippen molar-refractivity contribution in [1.29, 1.82) is 0 Å². The maximum absolute atomic E-state index is 12.2. The van der Waals surface area contributed by atoms with Gasteiger partial charge >= 0.3 is 6.09 Å². The molecule has 0 fully saturated rings. The molecule has 24 heavy (non-hydrogen) atoms. The van der Waals surface area contributed by atoms with Crippen LogP contribution in [0.2, 0.25) is 0 Å². The number of hydrogen-bond donors (Lipinski definition) is 1. The van der Waals surface area contributed by atoms with E-state index in [0.717, 1.165) is 5.56 Å². The van der Waals surface area contributed by atoms with Crippen LogP contribution in [0.3, 0.4) is 0 Å². The van der Waals surface area contributed by atoms with E-state index in [1.807, 2.05) is 65.0 Å². The van der Waals surface area contributed by atoms with Crippen molar-refractivity contribution in [3.05, 3.63) is 48.6 Å². The molecule has 1 rings (SSSR count). The quantitative estimate of drug-likeness (QED) is 0.571.